The molecule has 0 aliphatic carbocycles. The number of halogens is 1. The number of carboxylic acid groups (broad SMARTS) is 2. The molecule has 10 heteroatoms. The fourth-order valence-corrected chi connectivity index (χ4v) is 3.43. The standard InChI is InChI=1S/C20H22FN3O2.C2H2O4/c1-24-10-8-14(9-11-24)26-19(15-12-13(25)6-7-16(15)21)20-22-17-4-2-3-5-18(17)23-20;3-1(4)2(5)6/h2-7,12,14,19,25H,8-11H2,1H3,(H,22,23);(H,3,4)(H,5,6). The SMILES string of the molecule is CN1CCC(OC(c2nc3ccccc3[nH]2)c2cc(O)ccc2F)CC1.O=C(O)C(=O)O. The van der Waals surface area contributed by atoms with Gasteiger partial charge in [0.1, 0.15) is 23.5 Å². The highest BCUT2D eigenvalue weighted by atomic mass is 19.1. The van der Waals surface area contributed by atoms with Crippen molar-refractivity contribution >= 4 is 23.0 Å². The molecule has 170 valence electrons. The Morgan fingerprint density at radius 2 is 1.81 bits per heavy atom. The second-order valence-electron chi connectivity index (χ2n) is 7.47. The number of likely N-dealkylation sites (tertiary alicyclic amines) is 1. The Balaban J connectivity index is 0.000000427. The Bertz CT molecular complexity index is 1050. The maximum absolute atomic E-state index is 14.5. The number of rotatable bonds is 4. The molecule has 1 aliphatic rings. The first-order valence-electron chi connectivity index (χ1n) is 9.98. The molecule has 2 aromatic carbocycles. The Hall–Kier alpha value is -3.50. The number of H-pyrrole nitrogens is 1. The zero-order valence-electron chi connectivity index (χ0n) is 17.4. The molecule has 1 aromatic heterocycles. The molecule has 0 radical (unpaired) electrons. The third kappa shape index (κ3) is 5.80. The second kappa shape index (κ2) is 10.2. The molecule has 0 saturated carbocycles. The summed E-state index contributed by atoms with van der Waals surface area (Å²) in [7, 11) is 2.09. The average Bonchev–Trinajstić information content (AvgIpc) is 3.19. The number of carboxylic acids is 2. The minimum atomic E-state index is -1.82. The monoisotopic (exact) mass is 445 g/mol. The summed E-state index contributed by atoms with van der Waals surface area (Å²) in [6, 6.07) is 11.7. The molecule has 3 aromatic rings. The molecule has 1 unspecified atom stereocenters. The fourth-order valence-electron chi connectivity index (χ4n) is 3.43. The number of aromatic amines is 1. The van der Waals surface area contributed by atoms with Crippen LogP contribution in [-0.2, 0) is 14.3 Å². The summed E-state index contributed by atoms with van der Waals surface area (Å²) in [6.07, 6.45) is 1.09. The Morgan fingerprint density at radius 1 is 1.16 bits per heavy atom. The highest BCUT2D eigenvalue weighted by Gasteiger charge is 2.28. The maximum Gasteiger partial charge on any atom is 0.414 e. The molecule has 9 nitrogen and oxygen atoms in total. The summed E-state index contributed by atoms with van der Waals surface area (Å²) in [6.45, 7) is 1.89. The Morgan fingerprint density at radius 3 is 2.44 bits per heavy atom. The normalized spacial score (nSPS) is 15.7. The van der Waals surface area contributed by atoms with E-state index in [1.165, 1.54) is 18.2 Å². The number of aromatic hydroxyl groups is 1. The molecule has 0 amide bonds. The zero-order chi connectivity index (χ0) is 23.3. The molecular weight excluding hydrogens is 421 g/mol. The number of phenolic OH excluding ortho intramolecular Hbond substituents is 1. The van der Waals surface area contributed by atoms with Crippen LogP contribution in [0.1, 0.15) is 30.3 Å². The molecule has 1 atom stereocenters. The van der Waals surface area contributed by atoms with E-state index in [-0.39, 0.29) is 11.9 Å². The Labute approximate surface area is 183 Å². The number of para-hydroxylation sites is 2. The van der Waals surface area contributed by atoms with E-state index in [2.05, 4.69) is 21.9 Å². The van der Waals surface area contributed by atoms with Crippen LogP contribution in [0.3, 0.4) is 0 Å². The van der Waals surface area contributed by atoms with Crippen LogP contribution in [0.5, 0.6) is 5.75 Å². The molecule has 1 saturated heterocycles. The Kier molecular flexibility index (Phi) is 7.39. The van der Waals surface area contributed by atoms with Gasteiger partial charge >= 0.3 is 11.9 Å². The van der Waals surface area contributed by atoms with Crippen LogP contribution in [0.4, 0.5) is 4.39 Å². The largest absolute Gasteiger partial charge is 0.508 e. The van der Waals surface area contributed by atoms with Crippen LogP contribution in [0.15, 0.2) is 42.5 Å². The van der Waals surface area contributed by atoms with Crippen LogP contribution in [0, 0.1) is 5.82 Å². The number of imidazole rings is 1. The average molecular weight is 445 g/mol. The first kappa shape index (κ1) is 23.2. The summed E-state index contributed by atoms with van der Waals surface area (Å²) in [5.41, 5.74) is 1.98. The van der Waals surface area contributed by atoms with Gasteiger partial charge in [-0.05, 0) is 50.2 Å². The molecule has 0 bridgehead atoms. The van der Waals surface area contributed by atoms with Gasteiger partial charge in [0.2, 0.25) is 0 Å². The van der Waals surface area contributed by atoms with Gasteiger partial charge in [0.15, 0.2) is 0 Å². The number of ether oxygens (including phenoxy) is 1. The van der Waals surface area contributed by atoms with Crippen molar-refractivity contribution in [3.05, 3.63) is 59.7 Å². The van der Waals surface area contributed by atoms with E-state index in [1.54, 1.807) is 0 Å². The van der Waals surface area contributed by atoms with Crippen molar-refractivity contribution in [3.63, 3.8) is 0 Å². The molecule has 1 fully saturated rings. The van der Waals surface area contributed by atoms with Gasteiger partial charge in [0.05, 0.1) is 17.1 Å². The van der Waals surface area contributed by atoms with Crippen molar-refractivity contribution in [3.8, 4) is 5.75 Å². The van der Waals surface area contributed by atoms with Crippen LogP contribution in [0.25, 0.3) is 11.0 Å². The smallest absolute Gasteiger partial charge is 0.414 e. The van der Waals surface area contributed by atoms with E-state index in [9.17, 15) is 9.50 Å². The number of aromatic nitrogens is 2. The van der Waals surface area contributed by atoms with E-state index in [0.717, 1.165) is 37.0 Å². The van der Waals surface area contributed by atoms with Crippen molar-refractivity contribution in [1.82, 2.24) is 14.9 Å². The summed E-state index contributed by atoms with van der Waals surface area (Å²) in [5, 5.41) is 24.6. The minimum absolute atomic E-state index is 0.00879. The third-order valence-electron chi connectivity index (χ3n) is 5.10. The van der Waals surface area contributed by atoms with Crippen molar-refractivity contribution < 1.29 is 34.0 Å². The van der Waals surface area contributed by atoms with Crippen molar-refractivity contribution in [2.24, 2.45) is 0 Å². The summed E-state index contributed by atoms with van der Waals surface area (Å²) >= 11 is 0. The lowest BCUT2D eigenvalue weighted by Crippen LogP contribution is -2.35. The molecule has 1 aliphatic heterocycles. The second-order valence-corrected chi connectivity index (χ2v) is 7.47. The van der Waals surface area contributed by atoms with Crippen LogP contribution >= 0.6 is 0 Å². The maximum atomic E-state index is 14.5. The predicted molar refractivity (Wildman–Crippen MR) is 113 cm³/mol. The highest BCUT2D eigenvalue weighted by molar-refractivity contribution is 6.27. The van der Waals surface area contributed by atoms with Gasteiger partial charge in [-0.1, -0.05) is 12.1 Å². The number of piperidine rings is 1. The van der Waals surface area contributed by atoms with E-state index >= 15 is 0 Å². The first-order chi connectivity index (χ1) is 15.2. The lowest BCUT2D eigenvalue weighted by Gasteiger charge is -2.31. The van der Waals surface area contributed by atoms with Gasteiger partial charge < -0.3 is 29.9 Å². The summed E-state index contributed by atoms with van der Waals surface area (Å²) in [5.74, 6) is -3.50. The third-order valence-corrected chi connectivity index (χ3v) is 5.10. The molecule has 4 N–H and O–H groups in total. The number of benzene rings is 2. The van der Waals surface area contributed by atoms with E-state index in [0.29, 0.717) is 11.4 Å². The van der Waals surface area contributed by atoms with Crippen molar-refractivity contribution in [1.29, 1.82) is 0 Å². The summed E-state index contributed by atoms with van der Waals surface area (Å²) < 4.78 is 20.8. The van der Waals surface area contributed by atoms with Crippen LogP contribution in [0.2, 0.25) is 0 Å². The predicted octanol–water partition coefficient (Wildman–Crippen LogP) is 2.76. The molecule has 4 rings (SSSR count). The van der Waals surface area contributed by atoms with Crippen LogP contribution in [-0.4, -0.2) is 68.4 Å². The van der Waals surface area contributed by atoms with Gasteiger partial charge in [-0.3, -0.25) is 0 Å². The first-order valence-corrected chi connectivity index (χ1v) is 9.98. The number of phenols is 1. The fraction of sp³-hybridized carbons (Fsp3) is 0.318. The summed E-state index contributed by atoms with van der Waals surface area (Å²) in [4.78, 5) is 28.3. The van der Waals surface area contributed by atoms with E-state index < -0.39 is 23.9 Å². The van der Waals surface area contributed by atoms with Crippen LogP contribution < -0.4 is 0 Å². The van der Waals surface area contributed by atoms with Gasteiger partial charge in [0.25, 0.3) is 0 Å². The number of nitrogens with one attached hydrogen (secondary N) is 1. The number of aliphatic carboxylic acids is 2. The number of carbonyl (C=O) groups is 2. The lowest BCUT2D eigenvalue weighted by molar-refractivity contribution is -0.159. The molecule has 32 heavy (non-hydrogen) atoms. The number of fused-ring (bicyclic) bond motifs is 1. The van der Waals surface area contributed by atoms with Crippen molar-refractivity contribution in [2.75, 3.05) is 20.1 Å². The van der Waals surface area contributed by atoms with Gasteiger partial charge in [-0.15, -0.1) is 0 Å². The number of nitrogens with zero attached hydrogens (tertiary/aromatic N) is 2. The zero-order valence-corrected chi connectivity index (χ0v) is 17.4. The van der Waals surface area contributed by atoms with Gasteiger partial charge in [-0.2, -0.15) is 0 Å². The number of hydrogen-bond donors (Lipinski definition) is 4. The minimum Gasteiger partial charge on any atom is -0.508 e. The lowest BCUT2D eigenvalue weighted by atomic mass is 10.0. The topological polar surface area (TPSA) is 136 Å². The van der Waals surface area contributed by atoms with Gasteiger partial charge in [0, 0.05) is 18.7 Å². The van der Waals surface area contributed by atoms with E-state index in [4.69, 9.17) is 24.5 Å². The quantitative estimate of drug-likeness (QED) is 0.450. The highest BCUT2D eigenvalue weighted by Crippen LogP contribution is 2.33. The molecular formula is C22H24FN3O6. The number of hydrogen-bond acceptors (Lipinski definition) is 6. The molecule has 2 heterocycles. The van der Waals surface area contributed by atoms with Gasteiger partial charge in [-0.25, -0.2) is 19.0 Å². The molecule has 0 spiro atoms. The van der Waals surface area contributed by atoms with Crippen molar-refractivity contribution in [2.45, 2.75) is 25.0 Å². The van der Waals surface area contributed by atoms with E-state index in [1.807, 2.05) is 24.3 Å².